The average molecular weight is 253 g/mol. The minimum Gasteiger partial charge on any atom is -0.357 e. The van der Waals surface area contributed by atoms with Gasteiger partial charge in [-0.3, -0.25) is 0 Å². The summed E-state index contributed by atoms with van der Waals surface area (Å²) < 4.78 is 13.4. The Hall–Kier alpha value is -1.88. The summed E-state index contributed by atoms with van der Waals surface area (Å²) in [5, 5.41) is 6.21. The molecule has 0 aliphatic rings. The van der Waals surface area contributed by atoms with Crippen molar-refractivity contribution in [2.45, 2.75) is 0 Å². The molecule has 0 aliphatic carbocycles. The standard InChI is InChI=1S/C11H10ClFN4/c1-14-11-15-6-9(13)10(17-11)16-8-4-2-7(12)3-5-8/h2-6H,1H3,(H2,14,15,16,17). The molecule has 1 aromatic heterocycles. The molecule has 0 fully saturated rings. The summed E-state index contributed by atoms with van der Waals surface area (Å²) in [6, 6.07) is 6.90. The Labute approximate surface area is 103 Å². The number of hydrogen-bond donors (Lipinski definition) is 2. The van der Waals surface area contributed by atoms with Crippen molar-refractivity contribution >= 4 is 29.1 Å². The van der Waals surface area contributed by atoms with Crippen LogP contribution in [0.1, 0.15) is 0 Å². The number of aromatic nitrogens is 2. The normalized spacial score (nSPS) is 10.1. The van der Waals surface area contributed by atoms with Crippen molar-refractivity contribution in [3.8, 4) is 0 Å². The van der Waals surface area contributed by atoms with E-state index in [1.54, 1.807) is 31.3 Å². The largest absolute Gasteiger partial charge is 0.357 e. The Bertz CT molecular complexity index is 515. The number of anilines is 3. The molecule has 0 atom stereocenters. The molecule has 2 N–H and O–H groups in total. The van der Waals surface area contributed by atoms with Gasteiger partial charge in [0.25, 0.3) is 0 Å². The Morgan fingerprint density at radius 1 is 1.24 bits per heavy atom. The van der Waals surface area contributed by atoms with Gasteiger partial charge in [-0.15, -0.1) is 0 Å². The van der Waals surface area contributed by atoms with Gasteiger partial charge in [-0.25, -0.2) is 9.37 Å². The van der Waals surface area contributed by atoms with E-state index in [2.05, 4.69) is 20.6 Å². The van der Waals surface area contributed by atoms with Gasteiger partial charge in [0.05, 0.1) is 6.20 Å². The van der Waals surface area contributed by atoms with Gasteiger partial charge < -0.3 is 10.6 Å². The summed E-state index contributed by atoms with van der Waals surface area (Å²) in [7, 11) is 1.67. The molecule has 1 aromatic carbocycles. The second-order valence-electron chi connectivity index (χ2n) is 3.27. The zero-order valence-electron chi connectivity index (χ0n) is 9.04. The molecule has 0 bridgehead atoms. The SMILES string of the molecule is CNc1ncc(F)c(Nc2ccc(Cl)cc2)n1. The van der Waals surface area contributed by atoms with Crippen molar-refractivity contribution in [2.75, 3.05) is 17.7 Å². The maximum atomic E-state index is 13.4. The first kappa shape index (κ1) is 11.6. The Morgan fingerprint density at radius 3 is 2.59 bits per heavy atom. The van der Waals surface area contributed by atoms with Gasteiger partial charge in [0.15, 0.2) is 11.6 Å². The smallest absolute Gasteiger partial charge is 0.224 e. The van der Waals surface area contributed by atoms with Crippen molar-refractivity contribution in [3.05, 3.63) is 41.3 Å². The molecular formula is C11H10ClFN4. The predicted molar refractivity (Wildman–Crippen MR) is 66.3 cm³/mol. The maximum absolute atomic E-state index is 13.4. The van der Waals surface area contributed by atoms with Crippen LogP contribution in [0, 0.1) is 5.82 Å². The average Bonchev–Trinajstić information content (AvgIpc) is 2.35. The molecule has 0 saturated heterocycles. The van der Waals surface area contributed by atoms with Gasteiger partial charge >= 0.3 is 0 Å². The highest BCUT2D eigenvalue weighted by molar-refractivity contribution is 6.30. The minimum atomic E-state index is -0.515. The molecule has 4 nitrogen and oxygen atoms in total. The van der Waals surface area contributed by atoms with Crippen LogP contribution < -0.4 is 10.6 Å². The van der Waals surface area contributed by atoms with Crippen LogP contribution in [0.15, 0.2) is 30.5 Å². The molecular weight excluding hydrogens is 243 g/mol. The molecule has 17 heavy (non-hydrogen) atoms. The van der Waals surface area contributed by atoms with Crippen molar-refractivity contribution in [3.63, 3.8) is 0 Å². The summed E-state index contributed by atoms with van der Waals surface area (Å²) in [6.45, 7) is 0. The highest BCUT2D eigenvalue weighted by atomic mass is 35.5. The molecule has 0 unspecified atom stereocenters. The molecule has 0 saturated carbocycles. The predicted octanol–water partition coefficient (Wildman–Crippen LogP) is 3.05. The summed E-state index contributed by atoms with van der Waals surface area (Å²) in [6.07, 6.45) is 1.11. The Morgan fingerprint density at radius 2 is 1.94 bits per heavy atom. The number of nitrogens with zero attached hydrogens (tertiary/aromatic N) is 2. The van der Waals surface area contributed by atoms with E-state index < -0.39 is 5.82 Å². The fourth-order valence-corrected chi connectivity index (χ4v) is 1.37. The first-order valence-corrected chi connectivity index (χ1v) is 5.29. The zero-order valence-corrected chi connectivity index (χ0v) is 9.79. The lowest BCUT2D eigenvalue weighted by Gasteiger charge is -2.07. The summed E-state index contributed by atoms with van der Waals surface area (Å²) in [5.74, 6) is -0.0477. The third kappa shape index (κ3) is 2.82. The van der Waals surface area contributed by atoms with Gasteiger partial charge in [0.2, 0.25) is 5.95 Å². The van der Waals surface area contributed by atoms with Crippen LogP contribution >= 0.6 is 11.6 Å². The van der Waals surface area contributed by atoms with Crippen LogP contribution in [0.25, 0.3) is 0 Å². The number of halogens is 2. The van der Waals surface area contributed by atoms with E-state index in [1.165, 1.54) is 0 Å². The molecule has 1 heterocycles. The first-order valence-electron chi connectivity index (χ1n) is 4.92. The van der Waals surface area contributed by atoms with Crippen molar-refractivity contribution in [1.82, 2.24) is 9.97 Å². The fourth-order valence-electron chi connectivity index (χ4n) is 1.25. The molecule has 0 radical (unpaired) electrons. The molecule has 2 aromatic rings. The Kier molecular flexibility index (Phi) is 3.39. The van der Waals surface area contributed by atoms with Gasteiger partial charge in [0, 0.05) is 17.8 Å². The van der Waals surface area contributed by atoms with E-state index in [-0.39, 0.29) is 5.82 Å². The van der Waals surface area contributed by atoms with Crippen LogP contribution in [0.5, 0.6) is 0 Å². The zero-order chi connectivity index (χ0) is 12.3. The number of rotatable bonds is 3. The second kappa shape index (κ2) is 4.97. The van der Waals surface area contributed by atoms with E-state index in [9.17, 15) is 4.39 Å². The molecule has 0 spiro atoms. The number of benzene rings is 1. The molecule has 88 valence electrons. The van der Waals surface area contributed by atoms with E-state index in [1.807, 2.05) is 0 Å². The number of nitrogens with one attached hydrogen (secondary N) is 2. The van der Waals surface area contributed by atoms with Crippen LogP contribution in [-0.2, 0) is 0 Å². The third-order valence-electron chi connectivity index (χ3n) is 2.07. The molecule has 0 amide bonds. The lowest BCUT2D eigenvalue weighted by atomic mass is 10.3. The molecule has 6 heteroatoms. The third-order valence-corrected chi connectivity index (χ3v) is 2.33. The second-order valence-corrected chi connectivity index (χ2v) is 3.71. The number of hydrogen-bond acceptors (Lipinski definition) is 4. The molecule has 2 rings (SSSR count). The van der Waals surface area contributed by atoms with Crippen molar-refractivity contribution in [1.29, 1.82) is 0 Å². The Balaban J connectivity index is 2.25. The lowest BCUT2D eigenvalue weighted by Crippen LogP contribution is -2.02. The van der Waals surface area contributed by atoms with Crippen molar-refractivity contribution < 1.29 is 4.39 Å². The molecule has 0 aliphatic heterocycles. The summed E-state index contributed by atoms with van der Waals surface area (Å²) >= 11 is 5.76. The minimum absolute atomic E-state index is 0.117. The summed E-state index contributed by atoms with van der Waals surface area (Å²) in [5.41, 5.74) is 0.703. The maximum Gasteiger partial charge on any atom is 0.224 e. The summed E-state index contributed by atoms with van der Waals surface area (Å²) in [4.78, 5) is 7.72. The lowest BCUT2D eigenvalue weighted by molar-refractivity contribution is 0.619. The van der Waals surface area contributed by atoms with E-state index >= 15 is 0 Å². The first-order chi connectivity index (χ1) is 8.19. The van der Waals surface area contributed by atoms with Crippen LogP contribution in [0.3, 0.4) is 0 Å². The quantitative estimate of drug-likeness (QED) is 0.882. The van der Waals surface area contributed by atoms with Gasteiger partial charge in [-0.05, 0) is 24.3 Å². The van der Waals surface area contributed by atoms with Crippen molar-refractivity contribution in [2.24, 2.45) is 0 Å². The van der Waals surface area contributed by atoms with E-state index in [4.69, 9.17) is 11.6 Å². The van der Waals surface area contributed by atoms with Gasteiger partial charge in [-0.1, -0.05) is 11.6 Å². The highest BCUT2D eigenvalue weighted by Gasteiger charge is 2.06. The fraction of sp³-hybridized carbons (Fsp3) is 0.0909. The van der Waals surface area contributed by atoms with Crippen LogP contribution in [0.2, 0.25) is 5.02 Å². The monoisotopic (exact) mass is 252 g/mol. The van der Waals surface area contributed by atoms with Gasteiger partial charge in [-0.2, -0.15) is 4.98 Å². The van der Waals surface area contributed by atoms with Gasteiger partial charge in [0.1, 0.15) is 0 Å². The topological polar surface area (TPSA) is 49.8 Å². The van der Waals surface area contributed by atoms with Crippen LogP contribution in [-0.4, -0.2) is 17.0 Å². The van der Waals surface area contributed by atoms with E-state index in [0.29, 0.717) is 16.7 Å². The van der Waals surface area contributed by atoms with Crippen LogP contribution in [0.4, 0.5) is 21.8 Å². The highest BCUT2D eigenvalue weighted by Crippen LogP contribution is 2.20. The van der Waals surface area contributed by atoms with E-state index in [0.717, 1.165) is 6.20 Å².